The first-order chi connectivity index (χ1) is 7.09. The fourth-order valence-electron chi connectivity index (χ4n) is 1.21. The second kappa shape index (κ2) is 5.73. The highest BCUT2D eigenvalue weighted by Gasteiger charge is 2.00. The Morgan fingerprint density at radius 3 is 2.33 bits per heavy atom. The first-order valence-corrected chi connectivity index (χ1v) is 5.26. The molecule has 0 bridgehead atoms. The van der Waals surface area contributed by atoms with Gasteiger partial charge in [0.2, 0.25) is 0 Å². The molecule has 84 valence electrons. The smallest absolute Gasteiger partial charge is 0.119 e. The Bertz CT molecular complexity index is 280. The van der Waals surface area contributed by atoms with Crippen molar-refractivity contribution in [2.75, 3.05) is 6.61 Å². The summed E-state index contributed by atoms with van der Waals surface area (Å²) in [4.78, 5) is 0. The predicted molar refractivity (Wildman–Crippen MR) is 60.8 cm³/mol. The second-order valence-corrected chi connectivity index (χ2v) is 3.84. The lowest BCUT2D eigenvalue weighted by atomic mass is 10.1. The van der Waals surface area contributed by atoms with Gasteiger partial charge < -0.3 is 15.6 Å². The Balaban J connectivity index is 2.43. The van der Waals surface area contributed by atoms with Gasteiger partial charge in [-0.2, -0.15) is 0 Å². The van der Waals surface area contributed by atoms with Gasteiger partial charge >= 0.3 is 0 Å². The molecule has 2 atom stereocenters. The molecule has 1 unspecified atom stereocenters. The first-order valence-electron chi connectivity index (χ1n) is 5.26. The van der Waals surface area contributed by atoms with Crippen LogP contribution in [0.4, 0.5) is 0 Å². The molecule has 15 heavy (non-hydrogen) atoms. The van der Waals surface area contributed by atoms with E-state index >= 15 is 0 Å². The third-order valence-electron chi connectivity index (χ3n) is 2.21. The van der Waals surface area contributed by atoms with Crippen molar-refractivity contribution in [1.29, 1.82) is 0 Å². The minimum absolute atomic E-state index is 0.0523. The Labute approximate surface area is 90.9 Å². The third kappa shape index (κ3) is 4.32. The Morgan fingerprint density at radius 2 is 1.87 bits per heavy atom. The first kappa shape index (κ1) is 12.0. The maximum atomic E-state index is 9.05. The summed E-state index contributed by atoms with van der Waals surface area (Å²) < 4.78 is 5.45. The number of aliphatic hydroxyl groups is 1. The highest BCUT2D eigenvalue weighted by Crippen LogP contribution is 2.16. The molecule has 3 N–H and O–H groups in total. The highest BCUT2D eigenvalue weighted by molar-refractivity contribution is 5.28. The predicted octanol–water partition coefficient (Wildman–Crippen LogP) is 1.86. The SMILES string of the molecule is CC(O)CCOc1ccc([C@@H](C)N)cc1. The summed E-state index contributed by atoms with van der Waals surface area (Å²) >= 11 is 0. The van der Waals surface area contributed by atoms with E-state index in [1.807, 2.05) is 31.2 Å². The van der Waals surface area contributed by atoms with Crippen LogP contribution in [0.2, 0.25) is 0 Å². The van der Waals surface area contributed by atoms with E-state index < -0.39 is 0 Å². The number of ether oxygens (including phenoxy) is 1. The number of rotatable bonds is 5. The molecule has 0 fully saturated rings. The molecule has 1 rings (SSSR count). The fourth-order valence-corrected chi connectivity index (χ4v) is 1.21. The molecule has 0 heterocycles. The van der Waals surface area contributed by atoms with Crippen LogP contribution in [0.15, 0.2) is 24.3 Å². The second-order valence-electron chi connectivity index (χ2n) is 3.84. The standard InChI is InChI=1S/C12H19NO2/c1-9(14)7-8-15-12-5-3-11(4-6-12)10(2)13/h3-6,9-10,14H,7-8,13H2,1-2H3/t9?,10-/m1/s1. The number of hydrogen-bond donors (Lipinski definition) is 2. The zero-order valence-corrected chi connectivity index (χ0v) is 9.31. The minimum Gasteiger partial charge on any atom is -0.493 e. The molecular formula is C12H19NO2. The molecule has 0 aliphatic heterocycles. The van der Waals surface area contributed by atoms with E-state index in [0.717, 1.165) is 11.3 Å². The molecule has 1 aromatic carbocycles. The molecular weight excluding hydrogens is 190 g/mol. The van der Waals surface area contributed by atoms with Crippen LogP contribution in [-0.4, -0.2) is 17.8 Å². The van der Waals surface area contributed by atoms with Crippen LogP contribution in [0.1, 0.15) is 31.9 Å². The topological polar surface area (TPSA) is 55.5 Å². The van der Waals surface area contributed by atoms with E-state index in [2.05, 4.69) is 0 Å². The minimum atomic E-state index is -0.312. The van der Waals surface area contributed by atoms with Crippen molar-refractivity contribution in [3.05, 3.63) is 29.8 Å². The average Bonchev–Trinajstić information content (AvgIpc) is 2.18. The van der Waals surface area contributed by atoms with Crippen LogP contribution in [0.25, 0.3) is 0 Å². The lowest BCUT2D eigenvalue weighted by Crippen LogP contribution is -2.08. The van der Waals surface area contributed by atoms with Gasteiger partial charge in [-0.05, 0) is 31.5 Å². The van der Waals surface area contributed by atoms with Crippen molar-refractivity contribution in [1.82, 2.24) is 0 Å². The summed E-state index contributed by atoms with van der Waals surface area (Å²) in [5.74, 6) is 0.819. The molecule has 1 aromatic rings. The largest absolute Gasteiger partial charge is 0.493 e. The average molecular weight is 209 g/mol. The summed E-state index contributed by atoms with van der Waals surface area (Å²) in [5.41, 5.74) is 6.83. The van der Waals surface area contributed by atoms with E-state index in [-0.39, 0.29) is 12.1 Å². The van der Waals surface area contributed by atoms with Crippen LogP contribution < -0.4 is 10.5 Å². The third-order valence-corrected chi connectivity index (χ3v) is 2.21. The van der Waals surface area contributed by atoms with Gasteiger partial charge in [-0.3, -0.25) is 0 Å². The van der Waals surface area contributed by atoms with Gasteiger partial charge in [-0.25, -0.2) is 0 Å². The van der Waals surface area contributed by atoms with E-state index in [0.29, 0.717) is 13.0 Å². The van der Waals surface area contributed by atoms with Crippen LogP contribution >= 0.6 is 0 Å². The van der Waals surface area contributed by atoms with Gasteiger partial charge in [0.1, 0.15) is 5.75 Å². The molecule has 3 nitrogen and oxygen atoms in total. The maximum Gasteiger partial charge on any atom is 0.119 e. The van der Waals surface area contributed by atoms with Crippen molar-refractivity contribution in [3.8, 4) is 5.75 Å². The Hall–Kier alpha value is -1.06. The van der Waals surface area contributed by atoms with E-state index in [1.165, 1.54) is 0 Å². The lowest BCUT2D eigenvalue weighted by molar-refractivity contribution is 0.155. The van der Waals surface area contributed by atoms with Gasteiger partial charge in [0, 0.05) is 12.5 Å². The number of nitrogens with two attached hydrogens (primary N) is 1. The normalized spacial score (nSPS) is 14.7. The molecule has 0 aromatic heterocycles. The summed E-state index contributed by atoms with van der Waals surface area (Å²) in [6.45, 7) is 4.24. The molecule has 3 heteroatoms. The summed E-state index contributed by atoms with van der Waals surface area (Å²) in [6, 6.07) is 7.78. The molecule has 0 aliphatic rings. The van der Waals surface area contributed by atoms with Gasteiger partial charge in [0.15, 0.2) is 0 Å². The van der Waals surface area contributed by atoms with E-state index in [4.69, 9.17) is 15.6 Å². The maximum absolute atomic E-state index is 9.05. The van der Waals surface area contributed by atoms with Crippen molar-refractivity contribution in [2.24, 2.45) is 5.73 Å². The van der Waals surface area contributed by atoms with Gasteiger partial charge in [-0.1, -0.05) is 12.1 Å². The highest BCUT2D eigenvalue weighted by atomic mass is 16.5. The van der Waals surface area contributed by atoms with Crippen LogP contribution in [0.3, 0.4) is 0 Å². The Morgan fingerprint density at radius 1 is 1.27 bits per heavy atom. The van der Waals surface area contributed by atoms with Crippen molar-refractivity contribution in [3.63, 3.8) is 0 Å². The van der Waals surface area contributed by atoms with Crippen molar-refractivity contribution in [2.45, 2.75) is 32.4 Å². The van der Waals surface area contributed by atoms with Gasteiger partial charge in [0.05, 0.1) is 12.7 Å². The summed E-state index contributed by atoms with van der Waals surface area (Å²) in [5, 5.41) is 9.05. The number of benzene rings is 1. The monoisotopic (exact) mass is 209 g/mol. The fraction of sp³-hybridized carbons (Fsp3) is 0.500. The summed E-state index contributed by atoms with van der Waals surface area (Å²) in [7, 11) is 0. The number of hydrogen-bond acceptors (Lipinski definition) is 3. The molecule has 0 spiro atoms. The van der Waals surface area contributed by atoms with Crippen molar-refractivity contribution >= 4 is 0 Å². The quantitative estimate of drug-likeness (QED) is 0.778. The zero-order chi connectivity index (χ0) is 11.3. The summed E-state index contributed by atoms with van der Waals surface area (Å²) in [6.07, 6.45) is 0.336. The number of aliphatic hydroxyl groups excluding tert-OH is 1. The molecule has 0 saturated heterocycles. The van der Waals surface area contributed by atoms with Gasteiger partial charge in [-0.15, -0.1) is 0 Å². The molecule has 0 amide bonds. The Kier molecular flexibility index (Phi) is 4.59. The molecule has 0 aliphatic carbocycles. The van der Waals surface area contributed by atoms with Crippen LogP contribution in [0, 0.1) is 0 Å². The lowest BCUT2D eigenvalue weighted by Gasteiger charge is -2.09. The zero-order valence-electron chi connectivity index (χ0n) is 9.31. The van der Waals surface area contributed by atoms with Crippen LogP contribution in [-0.2, 0) is 0 Å². The van der Waals surface area contributed by atoms with E-state index in [9.17, 15) is 0 Å². The molecule has 0 saturated carbocycles. The van der Waals surface area contributed by atoms with Gasteiger partial charge in [0.25, 0.3) is 0 Å². The van der Waals surface area contributed by atoms with Crippen LogP contribution in [0.5, 0.6) is 5.75 Å². The van der Waals surface area contributed by atoms with Crippen molar-refractivity contribution < 1.29 is 9.84 Å². The molecule has 0 radical (unpaired) electrons. The van der Waals surface area contributed by atoms with E-state index in [1.54, 1.807) is 6.92 Å².